The van der Waals surface area contributed by atoms with Gasteiger partial charge in [-0.3, -0.25) is 4.79 Å². The van der Waals surface area contributed by atoms with Gasteiger partial charge < -0.3 is 14.6 Å². The summed E-state index contributed by atoms with van der Waals surface area (Å²) >= 11 is 0. The Bertz CT molecular complexity index is 1700. The third kappa shape index (κ3) is 6.14. The first-order valence-corrected chi connectivity index (χ1v) is 13.4. The second-order valence-electron chi connectivity index (χ2n) is 10.4. The van der Waals surface area contributed by atoms with Crippen LogP contribution in [0, 0.1) is 20.8 Å². The summed E-state index contributed by atoms with van der Waals surface area (Å²) in [4.78, 5) is 13.1. The van der Waals surface area contributed by atoms with Gasteiger partial charge in [-0.2, -0.15) is 0 Å². The van der Waals surface area contributed by atoms with Crippen LogP contribution in [0.1, 0.15) is 51.3 Å². The fraction of sp³-hybridized carbons (Fsp3) is 0.206. The van der Waals surface area contributed by atoms with Crippen molar-refractivity contribution in [3.05, 3.63) is 125 Å². The number of benzene rings is 4. The lowest BCUT2D eigenvalue weighted by Gasteiger charge is -2.16. The molecule has 0 unspecified atom stereocenters. The number of hydrogen-bond donors (Lipinski definition) is 1. The van der Waals surface area contributed by atoms with E-state index in [2.05, 4.69) is 77.9 Å². The summed E-state index contributed by atoms with van der Waals surface area (Å²) in [6, 6.07) is 27.8. The predicted molar refractivity (Wildman–Crippen MR) is 156 cm³/mol. The molecule has 5 aromatic rings. The van der Waals surface area contributed by atoms with Crippen molar-refractivity contribution in [2.75, 3.05) is 0 Å². The number of nitrogens with one attached hydrogen (secondary N) is 1. The highest BCUT2D eigenvalue weighted by Crippen LogP contribution is 2.29. The first kappa shape index (κ1) is 28.0. The van der Waals surface area contributed by atoms with Gasteiger partial charge >= 0.3 is 6.36 Å². The van der Waals surface area contributed by atoms with E-state index >= 15 is 0 Å². The number of alkyl halides is 3. The topological polar surface area (TPSA) is 43.3 Å². The van der Waals surface area contributed by atoms with Gasteiger partial charge in [-0.05, 0) is 91.4 Å². The molecule has 0 aliphatic carbocycles. The van der Waals surface area contributed by atoms with Gasteiger partial charge in [-0.1, -0.05) is 60.7 Å². The van der Waals surface area contributed by atoms with Gasteiger partial charge in [0.25, 0.3) is 5.91 Å². The van der Waals surface area contributed by atoms with E-state index in [-0.39, 0.29) is 11.7 Å². The molecule has 5 rings (SSSR count). The Balaban J connectivity index is 1.32. The average Bonchev–Trinajstić information content (AvgIpc) is 3.17. The van der Waals surface area contributed by atoms with Gasteiger partial charge in [0.1, 0.15) is 5.75 Å². The van der Waals surface area contributed by atoms with E-state index in [0.717, 1.165) is 22.2 Å². The number of nitrogens with zero attached hydrogens (tertiary/aromatic N) is 1. The van der Waals surface area contributed by atoms with Crippen LogP contribution < -0.4 is 10.1 Å². The highest BCUT2D eigenvalue weighted by atomic mass is 19.4. The molecule has 1 amide bonds. The molecule has 0 saturated heterocycles. The van der Waals surface area contributed by atoms with Crippen molar-refractivity contribution in [1.82, 2.24) is 9.88 Å². The Hall–Kier alpha value is -4.52. The highest BCUT2D eigenvalue weighted by molar-refractivity contribution is 5.99. The molecule has 1 heterocycles. The second-order valence-corrected chi connectivity index (χ2v) is 10.4. The molecule has 7 heteroatoms. The van der Waals surface area contributed by atoms with Crippen LogP contribution in [0.15, 0.2) is 91.0 Å². The molecular formula is C34H31F3N2O2. The Morgan fingerprint density at radius 2 is 1.59 bits per heavy atom. The first-order valence-electron chi connectivity index (χ1n) is 13.4. The monoisotopic (exact) mass is 556 g/mol. The average molecular weight is 557 g/mol. The van der Waals surface area contributed by atoms with Crippen molar-refractivity contribution < 1.29 is 22.7 Å². The second kappa shape index (κ2) is 11.2. The molecule has 1 N–H and O–H groups in total. The lowest BCUT2D eigenvalue weighted by atomic mass is 9.99. The van der Waals surface area contributed by atoms with Crippen molar-refractivity contribution in [3.63, 3.8) is 0 Å². The number of aromatic nitrogens is 1. The van der Waals surface area contributed by atoms with Crippen LogP contribution in [-0.4, -0.2) is 16.8 Å². The normalized spacial score (nSPS) is 12.4. The zero-order valence-corrected chi connectivity index (χ0v) is 23.3. The van der Waals surface area contributed by atoms with Gasteiger partial charge in [0.05, 0.1) is 6.04 Å². The van der Waals surface area contributed by atoms with E-state index < -0.39 is 12.4 Å². The third-order valence-electron chi connectivity index (χ3n) is 7.61. The fourth-order valence-corrected chi connectivity index (χ4v) is 5.19. The van der Waals surface area contributed by atoms with E-state index in [1.807, 2.05) is 18.2 Å². The molecule has 4 aromatic carbocycles. The molecule has 0 spiro atoms. The smallest absolute Gasteiger partial charge is 0.406 e. The van der Waals surface area contributed by atoms with Crippen LogP contribution in [0.5, 0.6) is 5.75 Å². The van der Waals surface area contributed by atoms with E-state index in [4.69, 9.17) is 0 Å². The number of halogens is 3. The number of fused-ring (bicyclic) bond motifs is 1. The zero-order valence-electron chi connectivity index (χ0n) is 23.3. The lowest BCUT2D eigenvalue weighted by molar-refractivity contribution is -0.274. The highest BCUT2D eigenvalue weighted by Gasteiger charge is 2.31. The van der Waals surface area contributed by atoms with Crippen molar-refractivity contribution >= 4 is 16.8 Å². The Morgan fingerprint density at radius 3 is 2.24 bits per heavy atom. The van der Waals surface area contributed by atoms with E-state index in [1.165, 1.54) is 46.5 Å². The van der Waals surface area contributed by atoms with Crippen LogP contribution in [0.3, 0.4) is 0 Å². The molecule has 0 aliphatic heterocycles. The quantitative estimate of drug-likeness (QED) is 0.218. The summed E-state index contributed by atoms with van der Waals surface area (Å²) in [5.74, 6) is -0.561. The first-order chi connectivity index (χ1) is 19.5. The molecule has 1 atom stereocenters. The standard InChI is InChI=1S/C34H31F3N2O2/c1-21-7-5-6-8-30(21)27-11-9-25(10-12-27)20-39-24(4)22(2)31-19-28(15-18-32(31)39)33(40)38-23(3)26-13-16-29(17-14-26)41-34(35,36)37/h5-19,23H,20H2,1-4H3,(H,38,40)/t23-/m0/s1. The minimum atomic E-state index is -4.75. The summed E-state index contributed by atoms with van der Waals surface area (Å²) in [5, 5.41) is 3.95. The molecule has 0 fully saturated rings. The van der Waals surface area contributed by atoms with Crippen molar-refractivity contribution in [1.29, 1.82) is 0 Å². The number of amides is 1. The van der Waals surface area contributed by atoms with E-state index in [1.54, 1.807) is 13.0 Å². The Labute approximate surface area is 237 Å². The molecule has 210 valence electrons. The number of carbonyl (C=O) groups is 1. The van der Waals surface area contributed by atoms with Crippen molar-refractivity contribution in [3.8, 4) is 16.9 Å². The molecular weight excluding hydrogens is 525 g/mol. The van der Waals surface area contributed by atoms with E-state index in [9.17, 15) is 18.0 Å². The minimum Gasteiger partial charge on any atom is -0.406 e. The largest absolute Gasteiger partial charge is 0.573 e. The fourth-order valence-electron chi connectivity index (χ4n) is 5.19. The SMILES string of the molecule is Cc1ccccc1-c1ccc(Cn2c(C)c(C)c3cc(C(=O)N[C@@H](C)c4ccc(OC(F)(F)F)cc4)ccc32)cc1. The van der Waals surface area contributed by atoms with Crippen LogP contribution in [-0.2, 0) is 6.54 Å². The zero-order chi connectivity index (χ0) is 29.3. The summed E-state index contributed by atoms with van der Waals surface area (Å²) in [5.41, 5.74) is 9.32. The van der Waals surface area contributed by atoms with Gasteiger partial charge in [-0.15, -0.1) is 13.2 Å². The van der Waals surface area contributed by atoms with Crippen LogP contribution in [0.25, 0.3) is 22.0 Å². The Morgan fingerprint density at radius 1 is 0.902 bits per heavy atom. The maximum absolute atomic E-state index is 13.1. The Kier molecular flexibility index (Phi) is 7.63. The molecule has 4 nitrogen and oxygen atoms in total. The number of carbonyl (C=O) groups excluding carboxylic acids is 1. The number of rotatable bonds is 7. The van der Waals surface area contributed by atoms with Gasteiger partial charge in [0.2, 0.25) is 0 Å². The van der Waals surface area contributed by atoms with Crippen LogP contribution in [0.4, 0.5) is 13.2 Å². The lowest BCUT2D eigenvalue weighted by Crippen LogP contribution is -2.26. The van der Waals surface area contributed by atoms with Gasteiger partial charge in [0, 0.05) is 28.7 Å². The summed E-state index contributed by atoms with van der Waals surface area (Å²) in [6.07, 6.45) is -4.75. The summed E-state index contributed by atoms with van der Waals surface area (Å²) in [7, 11) is 0. The molecule has 0 radical (unpaired) electrons. The molecule has 0 bridgehead atoms. The van der Waals surface area contributed by atoms with Gasteiger partial charge in [-0.25, -0.2) is 0 Å². The maximum atomic E-state index is 13.1. The number of ether oxygens (including phenoxy) is 1. The van der Waals surface area contributed by atoms with Gasteiger partial charge in [0.15, 0.2) is 0 Å². The van der Waals surface area contributed by atoms with E-state index in [0.29, 0.717) is 17.7 Å². The molecule has 0 aliphatic rings. The van der Waals surface area contributed by atoms with Crippen LogP contribution >= 0.6 is 0 Å². The number of hydrogen-bond acceptors (Lipinski definition) is 2. The number of aryl methyl sites for hydroxylation is 2. The third-order valence-corrected chi connectivity index (χ3v) is 7.61. The molecule has 0 saturated carbocycles. The summed E-state index contributed by atoms with van der Waals surface area (Å²) in [6.45, 7) is 8.76. The molecule has 1 aromatic heterocycles. The van der Waals surface area contributed by atoms with Crippen LogP contribution in [0.2, 0.25) is 0 Å². The van der Waals surface area contributed by atoms with Crippen molar-refractivity contribution in [2.24, 2.45) is 0 Å². The predicted octanol–water partition coefficient (Wildman–Crippen LogP) is 8.67. The minimum absolute atomic E-state index is 0.258. The summed E-state index contributed by atoms with van der Waals surface area (Å²) < 4.78 is 43.5. The van der Waals surface area contributed by atoms with Crippen molar-refractivity contribution in [2.45, 2.75) is 46.6 Å². The maximum Gasteiger partial charge on any atom is 0.573 e. The molecule has 41 heavy (non-hydrogen) atoms.